The van der Waals surface area contributed by atoms with E-state index in [1.165, 1.54) is 5.56 Å². The van der Waals surface area contributed by atoms with E-state index in [0.29, 0.717) is 31.2 Å². The predicted octanol–water partition coefficient (Wildman–Crippen LogP) is 3.49. The summed E-state index contributed by atoms with van der Waals surface area (Å²) < 4.78 is 10.7. The Labute approximate surface area is 161 Å². The molecule has 0 aliphatic rings. The molecule has 0 aromatic heterocycles. The molecule has 2 aromatic carbocycles. The molecule has 0 spiro atoms. The van der Waals surface area contributed by atoms with Crippen molar-refractivity contribution in [3.63, 3.8) is 0 Å². The molecule has 0 aliphatic heterocycles. The standard InChI is InChI=1S/C21H29N3O3/c1-24(2)16-18-9-6-8-17(14-18)15-22-21(25)23-19-10-4-5-11-20(19)27-13-7-12-26-3/h4-6,8-11,14H,7,12-13,15-16H2,1-3H3,(H2,22,23,25). The number of hydrogen-bond donors (Lipinski definition) is 2. The zero-order valence-electron chi connectivity index (χ0n) is 16.3. The zero-order valence-corrected chi connectivity index (χ0v) is 16.3. The number of ether oxygens (including phenoxy) is 2. The van der Waals surface area contributed by atoms with Gasteiger partial charge in [-0.25, -0.2) is 4.79 Å². The molecule has 0 saturated carbocycles. The van der Waals surface area contributed by atoms with E-state index in [9.17, 15) is 4.79 Å². The molecule has 0 saturated heterocycles. The lowest BCUT2D eigenvalue weighted by molar-refractivity contribution is 0.172. The Balaban J connectivity index is 1.87. The van der Waals surface area contributed by atoms with Gasteiger partial charge in [0.25, 0.3) is 0 Å². The summed E-state index contributed by atoms with van der Waals surface area (Å²) in [6, 6.07) is 15.3. The number of carbonyl (C=O) groups is 1. The fourth-order valence-corrected chi connectivity index (χ4v) is 2.63. The van der Waals surface area contributed by atoms with Crippen LogP contribution in [-0.2, 0) is 17.8 Å². The maximum absolute atomic E-state index is 12.3. The Morgan fingerprint density at radius 3 is 2.59 bits per heavy atom. The second-order valence-electron chi connectivity index (χ2n) is 6.56. The molecule has 2 aromatic rings. The van der Waals surface area contributed by atoms with Gasteiger partial charge in [-0.15, -0.1) is 0 Å². The van der Waals surface area contributed by atoms with Gasteiger partial charge in [-0.2, -0.15) is 0 Å². The van der Waals surface area contributed by atoms with Gasteiger partial charge in [0.1, 0.15) is 5.75 Å². The van der Waals surface area contributed by atoms with Crippen LogP contribution in [0.25, 0.3) is 0 Å². The lowest BCUT2D eigenvalue weighted by Gasteiger charge is -2.14. The second-order valence-corrected chi connectivity index (χ2v) is 6.56. The van der Waals surface area contributed by atoms with Crippen molar-refractivity contribution in [3.8, 4) is 5.75 Å². The smallest absolute Gasteiger partial charge is 0.319 e. The van der Waals surface area contributed by atoms with Gasteiger partial charge in [-0.3, -0.25) is 0 Å². The number of rotatable bonds is 10. The van der Waals surface area contributed by atoms with Gasteiger partial charge in [-0.05, 0) is 37.4 Å². The van der Waals surface area contributed by atoms with Crippen molar-refractivity contribution < 1.29 is 14.3 Å². The van der Waals surface area contributed by atoms with E-state index in [4.69, 9.17) is 9.47 Å². The molecule has 0 atom stereocenters. The van der Waals surface area contributed by atoms with Crippen LogP contribution >= 0.6 is 0 Å². The highest BCUT2D eigenvalue weighted by molar-refractivity contribution is 5.90. The maximum atomic E-state index is 12.3. The molecular formula is C21H29N3O3. The second kappa shape index (κ2) is 11.2. The van der Waals surface area contributed by atoms with Crippen molar-refractivity contribution in [1.82, 2.24) is 10.2 Å². The largest absolute Gasteiger partial charge is 0.491 e. The van der Waals surface area contributed by atoms with Crippen LogP contribution in [0.15, 0.2) is 48.5 Å². The van der Waals surface area contributed by atoms with Gasteiger partial charge in [0.05, 0.1) is 12.3 Å². The first-order chi connectivity index (χ1) is 13.1. The van der Waals surface area contributed by atoms with Crippen LogP contribution in [0.2, 0.25) is 0 Å². The molecule has 6 nitrogen and oxygen atoms in total. The summed E-state index contributed by atoms with van der Waals surface area (Å²) in [7, 11) is 5.73. The van der Waals surface area contributed by atoms with E-state index in [-0.39, 0.29) is 6.03 Å². The summed E-state index contributed by atoms with van der Waals surface area (Å²) in [5.74, 6) is 0.650. The lowest BCUT2D eigenvalue weighted by atomic mass is 10.1. The van der Waals surface area contributed by atoms with Gasteiger partial charge < -0.3 is 25.0 Å². The molecule has 0 heterocycles. The number of nitrogens with zero attached hydrogens (tertiary/aromatic N) is 1. The van der Waals surface area contributed by atoms with Crippen molar-refractivity contribution >= 4 is 11.7 Å². The van der Waals surface area contributed by atoms with E-state index in [0.717, 1.165) is 18.5 Å². The average Bonchev–Trinajstić information content (AvgIpc) is 2.64. The highest BCUT2D eigenvalue weighted by Crippen LogP contribution is 2.23. The number of benzene rings is 2. The third-order valence-electron chi connectivity index (χ3n) is 3.83. The van der Waals surface area contributed by atoms with Crippen LogP contribution in [0.1, 0.15) is 17.5 Å². The summed E-state index contributed by atoms with van der Waals surface area (Å²) in [6.45, 7) is 2.51. The molecule has 146 valence electrons. The number of anilines is 1. The highest BCUT2D eigenvalue weighted by atomic mass is 16.5. The number of nitrogens with one attached hydrogen (secondary N) is 2. The minimum Gasteiger partial charge on any atom is -0.491 e. The molecule has 2 amide bonds. The number of carbonyl (C=O) groups excluding carboxylic acids is 1. The summed E-state index contributed by atoms with van der Waals surface area (Å²) in [6.07, 6.45) is 0.792. The van der Waals surface area contributed by atoms with Crippen LogP contribution < -0.4 is 15.4 Å². The third kappa shape index (κ3) is 7.68. The molecule has 2 N–H and O–H groups in total. The first kappa shape index (κ1) is 20.7. The Kier molecular flexibility index (Phi) is 8.61. The van der Waals surface area contributed by atoms with Crippen LogP contribution in [0, 0.1) is 0 Å². The van der Waals surface area contributed by atoms with E-state index >= 15 is 0 Å². The molecule has 0 radical (unpaired) electrons. The Hall–Kier alpha value is -2.57. The molecule has 0 fully saturated rings. The lowest BCUT2D eigenvalue weighted by Crippen LogP contribution is -2.28. The van der Waals surface area contributed by atoms with Gasteiger partial charge in [0.15, 0.2) is 0 Å². The molecule has 27 heavy (non-hydrogen) atoms. The Bertz CT molecular complexity index is 719. The first-order valence-corrected chi connectivity index (χ1v) is 9.06. The number of hydrogen-bond acceptors (Lipinski definition) is 4. The minimum absolute atomic E-state index is 0.263. The van der Waals surface area contributed by atoms with Crippen molar-refractivity contribution in [2.75, 3.05) is 39.7 Å². The zero-order chi connectivity index (χ0) is 19.5. The SMILES string of the molecule is COCCCOc1ccccc1NC(=O)NCc1cccc(CN(C)C)c1. The van der Waals surface area contributed by atoms with Crippen molar-refractivity contribution in [2.45, 2.75) is 19.5 Å². The molecule has 2 rings (SSSR count). The monoisotopic (exact) mass is 371 g/mol. The van der Waals surface area contributed by atoms with E-state index < -0.39 is 0 Å². The number of urea groups is 1. The third-order valence-corrected chi connectivity index (χ3v) is 3.83. The summed E-state index contributed by atoms with van der Waals surface area (Å²) >= 11 is 0. The average molecular weight is 371 g/mol. The van der Waals surface area contributed by atoms with Gasteiger partial charge in [0, 0.05) is 33.2 Å². The fraction of sp³-hybridized carbons (Fsp3) is 0.381. The quantitative estimate of drug-likeness (QED) is 0.628. The normalized spacial score (nSPS) is 10.7. The minimum atomic E-state index is -0.263. The number of amides is 2. The number of methoxy groups -OCH3 is 1. The molecule has 6 heteroatoms. The molecule has 0 aliphatic carbocycles. The van der Waals surface area contributed by atoms with Crippen molar-refractivity contribution in [3.05, 3.63) is 59.7 Å². The molecule has 0 bridgehead atoms. The Morgan fingerprint density at radius 1 is 1.04 bits per heavy atom. The molecular weight excluding hydrogens is 342 g/mol. The fourth-order valence-electron chi connectivity index (χ4n) is 2.63. The summed E-state index contributed by atoms with van der Waals surface area (Å²) in [5, 5.41) is 5.75. The van der Waals surface area contributed by atoms with E-state index in [1.807, 2.05) is 50.5 Å². The Morgan fingerprint density at radius 2 is 1.81 bits per heavy atom. The highest BCUT2D eigenvalue weighted by Gasteiger charge is 2.07. The van der Waals surface area contributed by atoms with Crippen LogP contribution in [0.5, 0.6) is 5.75 Å². The summed E-state index contributed by atoms with van der Waals surface area (Å²) in [5.41, 5.74) is 2.93. The van der Waals surface area contributed by atoms with E-state index in [1.54, 1.807) is 7.11 Å². The number of para-hydroxylation sites is 2. The van der Waals surface area contributed by atoms with E-state index in [2.05, 4.69) is 27.7 Å². The van der Waals surface area contributed by atoms with Gasteiger partial charge in [0.2, 0.25) is 0 Å². The van der Waals surface area contributed by atoms with Gasteiger partial charge >= 0.3 is 6.03 Å². The summed E-state index contributed by atoms with van der Waals surface area (Å²) in [4.78, 5) is 14.4. The maximum Gasteiger partial charge on any atom is 0.319 e. The van der Waals surface area contributed by atoms with Crippen LogP contribution in [-0.4, -0.2) is 45.3 Å². The topological polar surface area (TPSA) is 62.8 Å². The first-order valence-electron chi connectivity index (χ1n) is 9.06. The van der Waals surface area contributed by atoms with Crippen LogP contribution in [0.3, 0.4) is 0 Å². The molecule has 0 unspecified atom stereocenters. The van der Waals surface area contributed by atoms with Crippen molar-refractivity contribution in [2.24, 2.45) is 0 Å². The van der Waals surface area contributed by atoms with Gasteiger partial charge in [-0.1, -0.05) is 36.4 Å². The van der Waals surface area contributed by atoms with Crippen LogP contribution in [0.4, 0.5) is 10.5 Å². The predicted molar refractivity (Wildman–Crippen MR) is 108 cm³/mol. The van der Waals surface area contributed by atoms with Crippen molar-refractivity contribution in [1.29, 1.82) is 0 Å².